The van der Waals surface area contributed by atoms with Crippen LogP contribution in [0.1, 0.15) is 18.7 Å². The van der Waals surface area contributed by atoms with Gasteiger partial charge in [-0.15, -0.1) is 11.3 Å². The first kappa shape index (κ1) is 17.4. The maximum atomic E-state index is 12.3. The zero-order valence-electron chi connectivity index (χ0n) is 11.4. The Labute approximate surface area is 120 Å². The minimum absolute atomic E-state index is 0.102. The summed E-state index contributed by atoms with van der Waals surface area (Å²) in [6, 6.07) is 1.65. The molecule has 1 aromatic rings. The molecule has 0 aliphatic heterocycles. The third-order valence-corrected chi connectivity index (χ3v) is 5.29. The van der Waals surface area contributed by atoms with Crippen molar-refractivity contribution in [3.8, 4) is 0 Å². The Kier molecular flexibility index (Phi) is 5.59. The van der Waals surface area contributed by atoms with Gasteiger partial charge in [0.2, 0.25) is 10.0 Å². The Morgan fingerprint density at radius 2 is 2.00 bits per heavy atom. The van der Waals surface area contributed by atoms with Crippen molar-refractivity contribution in [3.63, 3.8) is 0 Å². The van der Waals surface area contributed by atoms with Crippen molar-refractivity contribution in [2.24, 2.45) is 0 Å². The van der Waals surface area contributed by atoms with Crippen LogP contribution in [-0.4, -0.2) is 38.5 Å². The number of nitrogens with one attached hydrogen (secondary N) is 1. The molecule has 9 heteroatoms. The van der Waals surface area contributed by atoms with Gasteiger partial charge in [-0.25, -0.2) is 8.42 Å². The Balaban J connectivity index is 2.83. The predicted octanol–water partition coefficient (Wildman–Crippen LogP) is 2.43. The fraction of sp³-hybridized carbons (Fsp3) is 0.636. The molecule has 0 aromatic carbocycles. The number of alkyl halides is 3. The molecule has 0 aliphatic rings. The zero-order valence-corrected chi connectivity index (χ0v) is 13.0. The van der Waals surface area contributed by atoms with Crippen LogP contribution in [0.25, 0.3) is 0 Å². The summed E-state index contributed by atoms with van der Waals surface area (Å²) in [5.41, 5.74) is 0. The third-order valence-electron chi connectivity index (χ3n) is 2.42. The Morgan fingerprint density at radius 1 is 1.40 bits per heavy atom. The van der Waals surface area contributed by atoms with Crippen LogP contribution in [0.15, 0.2) is 16.3 Å². The van der Waals surface area contributed by atoms with E-state index in [2.05, 4.69) is 5.32 Å². The molecule has 0 atom stereocenters. The van der Waals surface area contributed by atoms with Crippen molar-refractivity contribution in [2.75, 3.05) is 13.6 Å². The van der Waals surface area contributed by atoms with Gasteiger partial charge in [0.1, 0.15) is 6.54 Å². The minimum Gasteiger partial charge on any atom is -0.310 e. The van der Waals surface area contributed by atoms with E-state index in [0.717, 1.165) is 11.9 Å². The van der Waals surface area contributed by atoms with Gasteiger partial charge in [0, 0.05) is 29.9 Å². The monoisotopic (exact) mass is 330 g/mol. The highest BCUT2D eigenvalue weighted by molar-refractivity contribution is 7.89. The zero-order chi connectivity index (χ0) is 15.6. The average Bonchev–Trinajstić information content (AvgIpc) is 2.72. The van der Waals surface area contributed by atoms with Crippen molar-refractivity contribution in [1.82, 2.24) is 9.62 Å². The molecule has 1 heterocycles. The van der Waals surface area contributed by atoms with Crippen molar-refractivity contribution < 1.29 is 21.6 Å². The molecule has 0 amide bonds. The van der Waals surface area contributed by atoms with E-state index in [-0.39, 0.29) is 10.9 Å². The molecule has 20 heavy (non-hydrogen) atoms. The summed E-state index contributed by atoms with van der Waals surface area (Å²) < 4.78 is 61.0. The smallest absolute Gasteiger partial charge is 0.310 e. The Bertz CT molecular complexity index is 538. The SMILES string of the molecule is CC(C)NCc1cc(S(=O)(=O)N(C)CC(F)(F)F)cs1. The molecule has 1 N–H and O–H groups in total. The second-order valence-corrected chi connectivity index (χ2v) is 7.70. The minimum atomic E-state index is -4.56. The van der Waals surface area contributed by atoms with Gasteiger partial charge in [0.25, 0.3) is 0 Å². The fourth-order valence-corrected chi connectivity index (χ4v) is 3.78. The van der Waals surface area contributed by atoms with Crippen molar-refractivity contribution in [2.45, 2.75) is 37.5 Å². The fourth-order valence-electron chi connectivity index (χ4n) is 1.41. The summed E-state index contributed by atoms with van der Waals surface area (Å²) in [5, 5.41) is 4.48. The first-order valence-electron chi connectivity index (χ1n) is 5.86. The van der Waals surface area contributed by atoms with Crippen LogP contribution in [0, 0.1) is 0 Å². The lowest BCUT2D eigenvalue weighted by Crippen LogP contribution is -2.35. The van der Waals surface area contributed by atoms with E-state index in [4.69, 9.17) is 0 Å². The highest BCUT2D eigenvalue weighted by atomic mass is 32.2. The molecule has 1 aromatic heterocycles. The topological polar surface area (TPSA) is 49.4 Å². The van der Waals surface area contributed by atoms with Crippen molar-refractivity contribution in [1.29, 1.82) is 0 Å². The lowest BCUT2D eigenvalue weighted by atomic mass is 10.4. The van der Waals surface area contributed by atoms with Crippen molar-refractivity contribution >= 4 is 21.4 Å². The molecule has 0 bridgehead atoms. The highest BCUT2D eigenvalue weighted by Crippen LogP contribution is 2.25. The van der Waals surface area contributed by atoms with Crippen LogP contribution >= 0.6 is 11.3 Å². The summed E-state index contributed by atoms with van der Waals surface area (Å²) >= 11 is 1.20. The number of nitrogens with zero attached hydrogens (tertiary/aromatic N) is 1. The van der Waals surface area contributed by atoms with Gasteiger partial charge >= 0.3 is 6.18 Å². The van der Waals surface area contributed by atoms with Crippen LogP contribution in [0.2, 0.25) is 0 Å². The first-order valence-corrected chi connectivity index (χ1v) is 8.18. The van der Waals surface area contributed by atoms with E-state index in [1.54, 1.807) is 0 Å². The van der Waals surface area contributed by atoms with Crippen LogP contribution in [0.3, 0.4) is 0 Å². The average molecular weight is 330 g/mol. The number of rotatable bonds is 6. The van der Waals surface area contributed by atoms with E-state index in [0.29, 0.717) is 10.8 Å². The van der Waals surface area contributed by atoms with Gasteiger partial charge < -0.3 is 5.32 Å². The van der Waals surface area contributed by atoms with Crippen LogP contribution in [0.4, 0.5) is 13.2 Å². The van der Waals surface area contributed by atoms with Crippen LogP contribution < -0.4 is 5.32 Å². The van der Waals surface area contributed by atoms with E-state index in [1.165, 1.54) is 22.8 Å². The second-order valence-electron chi connectivity index (χ2n) is 4.66. The standard InChI is InChI=1S/C11H17F3N2O2S2/c1-8(2)15-5-9-4-10(6-19-9)20(17,18)16(3)7-11(12,13)14/h4,6,8,15H,5,7H2,1-3H3. The van der Waals surface area contributed by atoms with Gasteiger partial charge in [0.15, 0.2) is 0 Å². The molecule has 4 nitrogen and oxygen atoms in total. The first-order chi connectivity index (χ1) is 9.02. The molecule has 0 fully saturated rings. The number of sulfonamides is 1. The summed E-state index contributed by atoms with van der Waals surface area (Å²) in [7, 11) is -3.17. The Morgan fingerprint density at radius 3 is 2.50 bits per heavy atom. The lowest BCUT2D eigenvalue weighted by Gasteiger charge is -2.17. The lowest BCUT2D eigenvalue weighted by molar-refractivity contribution is -0.134. The van der Waals surface area contributed by atoms with Gasteiger partial charge in [-0.2, -0.15) is 17.5 Å². The molecule has 0 aliphatic carbocycles. The molecule has 116 valence electrons. The van der Waals surface area contributed by atoms with Gasteiger partial charge in [-0.05, 0) is 6.07 Å². The maximum Gasteiger partial charge on any atom is 0.402 e. The number of hydrogen-bond donors (Lipinski definition) is 1. The largest absolute Gasteiger partial charge is 0.402 e. The normalized spacial score (nSPS) is 13.4. The number of halogens is 3. The molecule has 0 unspecified atom stereocenters. The number of thiophene rings is 1. The van der Waals surface area contributed by atoms with Crippen LogP contribution in [0.5, 0.6) is 0 Å². The molecular formula is C11H17F3N2O2S2. The summed E-state index contributed by atoms with van der Waals surface area (Å²) in [6.45, 7) is 2.89. The molecule has 0 spiro atoms. The van der Waals surface area contributed by atoms with E-state index in [1.807, 2.05) is 13.8 Å². The molecule has 0 radical (unpaired) electrons. The third kappa shape index (κ3) is 5.04. The number of hydrogen-bond acceptors (Lipinski definition) is 4. The predicted molar refractivity (Wildman–Crippen MR) is 72.2 cm³/mol. The summed E-state index contributed by atoms with van der Waals surface area (Å²) in [4.78, 5) is 0.660. The maximum absolute atomic E-state index is 12.3. The molecular weight excluding hydrogens is 313 g/mol. The molecule has 0 saturated carbocycles. The quantitative estimate of drug-likeness (QED) is 0.871. The van der Waals surface area contributed by atoms with E-state index in [9.17, 15) is 21.6 Å². The second kappa shape index (κ2) is 6.42. The summed E-state index contributed by atoms with van der Waals surface area (Å²) in [5.74, 6) is 0. The van der Waals surface area contributed by atoms with E-state index >= 15 is 0 Å². The Hall–Kier alpha value is -0.640. The van der Waals surface area contributed by atoms with Gasteiger partial charge in [0.05, 0.1) is 4.90 Å². The van der Waals surface area contributed by atoms with Crippen molar-refractivity contribution in [3.05, 3.63) is 16.3 Å². The summed E-state index contributed by atoms with van der Waals surface area (Å²) in [6.07, 6.45) is -4.56. The van der Waals surface area contributed by atoms with Gasteiger partial charge in [-0.1, -0.05) is 13.8 Å². The highest BCUT2D eigenvalue weighted by Gasteiger charge is 2.35. The molecule has 1 rings (SSSR count). The van der Waals surface area contributed by atoms with Crippen LogP contribution in [-0.2, 0) is 16.6 Å². The van der Waals surface area contributed by atoms with E-state index < -0.39 is 22.7 Å². The van der Waals surface area contributed by atoms with Gasteiger partial charge in [-0.3, -0.25) is 0 Å². The molecule has 0 saturated heterocycles.